The fraction of sp³-hybridized carbons (Fsp3) is 0.364. The molecule has 1 amide bonds. The van der Waals surface area contributed by atoms with E-state index in [1.165, 1.54) is 0 Å². The lowest BCUT2D eigenvalue weighted by Crippen LogP contribution is -2.24. The van der Waals surface area contributed by atoms with Gasteiger partial charge < -0.3 is 9.64 Å². The number of cyclic esters (lactones) is 1. The average Bonchev–Trinajstić information content (AvgIpc) is 2.49. The number of hydrogen-bond donors (Lipinski definition) is 0. The van der Waals surface area contributed by atoms with Gasteiger partial charge in [-0.2, -0.15) is 0 Å². The Hall–Kier alpha value is -1.03. The quantitative estimate of drug-likeness (QED) is 0.827. The van der Waals surface area contributed by atoms with Gasteiger partial charge in [0.25, 0.3) is 0 Å². The van der Waals surface area contributed by atoms with E-state index in [1.807, 2.05) is 31.2 Å². The Bertz CT molecular complexity index is 363. The number of amides is 1. The predicted molar refractivity (Wildman–Crippen MR) is 60.5 cm³/mol. The van der Waals surface area contributed by atoms with E-state index in [2.05, 4.69) is 15.9 Å². The van der Waals surface area contributed by atoms with Crippen molar-refractivity contribution in [3.8, 4) is 0 Å². The number of hydrogen-bond acceptors (Lipinski definition) is 2. The molecule has 1 unspecified atom stereocenters. The Kier molecular flexibility index (Phi) is 2.95. The zero-order valence-electron chi connectivity index (χ0n) is 8.44. The molecule has 1 atom stereocenters. The van der Waals surface area contributed by atoms with Crippen molar-refractivity contribution in [2.24, 2.45) is 0 Å². The van der Waals surface area contributed by atoms with Gasteiger partial charge in [-0.1, -0.05) is 28.1 Å². The number of halogens is 1. The molecule has 1 aromatic rings. The lowest BCUT2D eigenvalue weighted by atomic mass is 10.2. The topological polar surface area (TPSA) is 29.5 Å². The third-order valence-corrected chi connectivity index (χ3v) is 2.85. The molecule has 0 bridgehead atoms. The highest BCUT2D eigenvalue weighted by Crippen LogP contribution is 2.16. The molecule has 80 valence electrons. The largest absolute Gasteiger partial charge is 0.444 e. The van der Waals surface area contributed by atoms with Crippen LogP contribution in [0.3, 0.4) is 0 Å². The monoisotopic (exact) mass is 269 g/mol. The second-order valence-corrected chi connectivity index (χ2v) is 4.62. The Morgan fingerprint density at radius 2 is 2.13 bits per heavy atom. The molecule has 15 heavy (non-hydrogen) atoms. The van der Waals surface area contributed by atoms with Crippen LogP contribution in [0.2, 0.25) is 0 Å². The van der Waals surface area contributed by atoms with Gasteiger partial charge in [-0.3, -0.25) is 0 Å². The molecule has 0 N–H and O–H groups in total. The van der Waals surface area contributed by atoms with Gasteiger partial charge in [0.05, 0.1) is 6.54 Å². The minimum Gasteiger partial charge on any atom is -0.444 e. The Labute approximate surface area is 97.2 Å². The summed E-state index contributed by atoms with van der Waals surface area (Å²) in [5, 5.41) is 0. The number of nitrogens with zero attached hydrogens (tertiary/aromatic N) is 1. The normalized spacial score (nSPS) is 20.5. The van der Waals surface area contributed by atoms with Crippen LogP contribution in [-0.2, 0) is 11.3 Å². The summed E-state index contributed by atoms with van der Waals surface area (Å²) in [6.07, 6.45) is -0.210. The van der Waals surface area contributed by atoms with Crippen molar-refractivity contribution in [3.05, 3.63) is 34.3 Å². The van der Waals surface area contributed by atoms with Gasteiger partial charge in [0, 0.05) is 11.0 Å². The maximum absolute atomic E-state index is 11.4. The van der Waals surface area contributed by atoms with E-state index >= 15 is 0 Å². The first-order valence-corrected chi connectivity index (χ1v) is 5.64. The van der Waals surface area contributed by atoms with Gasteiger partial charge in [-0.05, 0) is 24.6 Å². The van der Waals surface area contributed by atoms with Crippen molar-refractivity contribution in [1.82, 2.24) is 4.90 Å². The summed E-state index contributed by atoms with van der Waals surface area (Å²) in [5.74, 6) is 0. The van der Waals surface area contributed by atoms with Crippen LogP contribution in [0.4, 0.5) is 4.79 Å². The van der Waals surface area contributed by atoms with E-state index in [9.17, 15) is 4.79 Å². The minimum absolute atomic E-state index is 0.00736. The molecular weight excluding hydrogens is 258 g/mol. The van der Waals surface area contributed by atoms with Gasteiger partial charge in [0.2, 0.25) is 0 Å². The van der Waals surface area contributed by atoms with E-state index < -0.39 is 0 Å². The van der Waals surface area contributed by atoms with Gasteiger partial charge in [-0.25, -0.2) is 4.79 Å². The Morgan fingerprint density at radius 3 is 2.67 bits per heavy atom. The number of carbonyl (C=O) groups excluding carboxylic acids is 1. The van der Waals surface area contributed by atoms with E-state index in [0.717, 1.165) is 10.0 Å². The number of ether oxygens (including phenoxy) is 1. The van der Waals surface area contributed by atoms with Crippen molar-refractivity contribution in [3.63, 3.8) is 0 Å². The minimum atomic E-state index is -0.217. The first kappa shape index (κ1) is 10.5. The summed E-state index contributed by atoms with van der Waals surface area (Å²) in [6, 6.07) is 7.95. The predicted octanol–water partition coefficient (Wildman–Crippen LogP) is 2.79. The lowest BCUT2D eigenvalue weighted by Gasteiger charge is -2.12. The highest BCUT2D eigenvalue weighted by molar-refractivity contribution is 9.10. The molecule has 1 aliphatic rings. The maximum atomic E-state index is 11.4. The highest BCUT2D eigenvalue weighted by atomic mass is 79.9. The molecule has 1 heterocycles. The van der Waals surface area contributed by atoms with Crippen LogP contribution in [0.25, 0.3) is 0 Å². The van der Waals surface area contributed by atoms with Crippen LogP contribution in [-0.4, -0.2) is 23.6 Å². The van der Waals surface area contributed by atoms with Gasteiger partial charge >= 0.3 is 6.09 Å². The molecule has 0 aromatic heterocycles. The second-order valence-electron chi connectivity index (χ2n) is 3.70. The van der Waals surface area contributed by atoms with E-state index in [1.54, 1.807) is 4.90 Å². The lowest BCUT2D eigenvalue weighted by molar-refractivity contribution is 0.137. The first-order valence-electron chi connectivity index (χ1n) is 4.85. The van der Waals surface area contributed by atoms with E-state index in [-0.39, 0.29) is 12.2 Å². The summed E-state index contributed by atoms with van der Waals surface area (Å²) in [7, 11) is 0. The molecule has 2 rings (SSSR count). The van der Waals surface area contributed by atoms with Crippen molar-refractivity contribution >= 4 is 22.0 Å². The molecule has 4 heteroatoms. The Balaban J connectivity index is 2.03. The second kappa shape index (κ2) is 4.23. The maximum Gasteiger partial charge on any atom is 0.410 e. The van der Waals surface area contributed by atoms with Crippen LogP contribution < -0.4 is 0 Å². The fourth-order valence-corrected chi connectivity index (χ4v) is 1.87. The smallest absolute Gasteiger partial charge is 0.410 e. The summed E-state index contributed by atoms with van der Waals surface area (Å²) < 4.78 is 6.09. The zero-order chi connectivity index (χ0) is 10.8. The van der Waals surface area contributed by atoms with Crippen LogP contribution in [0.15, 0.2) is 28.7 Å². The van der Waals surface area contributed by atoms with Crippen molar-refractivity contribution in [2.45, 2.75) is 19.6 Å². The van der Waals surface area contributed by atoms with Crippen LogP contribution in [0.5, 0.6) is 0 Å². The Morgan fingerprint density at radius 1 is 1.47 bits per heavy atom. The van der Waals surface area contributed by atoms with Crippen molar-refractivity contribution in [2.75, 3.05) is 6.54 Å². The number of benzene rings is 1. The molecule has 1 saturated heterocycles. The third-order valence-electron chi connectivity index (χ3n) is 2.32. The van der Waals surface area contributed by atoms with Crippen LogP contribution in [0.1, 0.15) is 12.5 Å². The van der Waals surface area contributed by atoms with Crippen LogP contribution >= 0.6 is 15.9 Å². The van der Waals surface area contributed by atoms with E-state index in [4.69, 9.17) is 4.74 Å². The summed E-state index contributed by atoms with van der Waals surface area (Å²) in [4.78, 5) is 13.1. The third kappa shape index (κ3) is 2.50. The fourth-order valence-electron chi connectivity index (χ4n) is 1.61. The van der Waals surface area contributed by atoms with Crippen molar-refractivity contribution < 1.29 is 9.53 Å². The molecular formula is C11H12BrNO2. The highest BCUT2D eigenvalue weighted by Gasteiger charge is 2.27. The summed E-state index contributed by atoms with van der Waals surface area (Å²) in [6.45, 7) is 3.20. The van der Waals surface area contributed by atoms with Gasteiger partial charge in [-0.15, -0.1) is 0 Å². The average molecular weight is 270 g/mol. The van der Waals surface area contributed by atoms with Gasteiger partial charge in [0.1, 0.15) is 6.10 Å². The molecule has 3 nitrogen and oxygen atoms in total. The summed E-state index contributed by atoms with van der Waals surface area (Å²) >= 11 is 3.37. The molecule has 1 fully saturated rings. The molecule has 0 spiro atoms. The molecule has 0 radical (unpaired) electrons. The standard InChI is InChI=1S/C11H12BrNO2/c1-8-6-13(11(14)15-8)7-9-2-4-10(12)5-3-9/h2-5,8H,6-7H2,1H3. The molecule has 1 aliphatic heterocycles. The van der Waals surface area contributed by atoms with Crippen LogP contribution in [0, 0.1) is 0 Å². The van der Waals surface area contributed by atoms with E-state index in [0.29, 0.717) is 13.1 Å². The molecule has 0 saturated carbocycles. The SMILES string of the molecule is CC1CN(Cc2ccc(Br)cc2)C(=O)O1. The number of rotatable bonds is 2. The molecule has 0 aliphatic carbocycles. The first-order chi connectivity index (χ1) is 7.15. The zero-order valence-corrected chi connectivity index (χ0v) is 10.0. The number of carbonyl (C=O) groups is 1. The molecule has 1 aromatic carbocycles. The summed E-state index contributed by atoms with van der Waals surface area (Å²) in [5.41, 5.74) is 1.12. The van der Waals surface area contributed by atoms with Crippen molar-refractivity contribution in [1.29, 1.82) is 0 Å². The van der Waals surface area contributed by atoms with Gasteiger partial charge in [0.15, 0.2) is 0 Å².